The normalized spacial score (nSPS) is 15.1. The Labute approximate surface area is 121 Å². The third-order valence-corrected chi connectivity index (χ3v) is 4.00. The van der Waals surface area contributed by atoms with Crippen LogP contribution in [0.25, 0.3) is 0 Å². The van der Waals surface area contributed by atoms with Crippen LogP contribution in [0.3, 0.4) is 0 Å². The summed E-state index contributed by atoms with van der Waals surface area (Å²) in [6.07, 6.45) is 7.01. The van der Waals surface area contributed by atoms with Crippen LogP contribution in [0.5, 0.6) is 0 Å². The Kier molecular flexibility index (Phi) is 3.92. The molecule has 1 aliphatic rings. The molecule has 1 aliphatic heterocycles. The van der Waals surface area contributed by atoms with Gasteiger partial charge in [0.2, 0.25) is 5.95 Å². The number of amides is 1. The zero-order valence-corrected chi connectivity index (χ0v) is 11.9. The summed E-state index contributed by atoms with van der Waals surface area (Å²) in [5, 5.41) is 6.50. The van der Waals surface area contributed by atoms with Crippen molar-refractivity contribution in [2.24, 2.45) is 0 Å². The quantitative estimate of drug-likeness (QED) is 0.943. The molecule has 3 heterocycles. The van der Waals surface area contributed by atoms with Gasteiger partial charge in [-0.2, -0.15) is 11.3 Å². The number of nitrogens with zero attached hydrogens (tertiary/aromatic N) is 3. The van der Waals surface area contributed by atoms with Crippen LogP contribution in [0.15, 0.2) is 29.2 Å². The van der Waals surface area contributed by atoms with E-state index in [4.69, 9.17) is 0 Å². The molecule has 3 rings (SSSR count). The number of thiophene rings is 1. The Bertz CT molecular complexity index is 561. The Morgan fingerprint density at radius 2 is 1.95 bits per heavy atom. The first kappa shape index (κ1) is 13.1. The van der Waals surface area contributed by atoms with E-state index in [1.165, 1.54) is 30.6 Å². The first-order chi connectivity index (χ1) is 9.83. The molecule has 0 aromatic carbocycles. The van der Waals surface area contributed by atoms with Crippen molar-refractivity contribution in [2.75, 3.05) is 23.3 Å². The summed E-state index contributed by atoms with van der Waals surface area (Å²) in [6.45, 7) is 2.03. The van der Waals surface area contributed by atoms with Crippen LogP contribution in [0.4, 0.5) is 11.6 Å². The van der Waals surface area contributed by atoms with Crippen LogP contribution in [0.1, 0.15) is 29.6 Å². The first-order valence-corrected chi connectivity index (χ1v) is 7.68. The maximum absolute atomic E-state index is 11.9. The second-order valence-corrected chi connectivity index (χ2v) is 5.57. The molecule has 2 aromatic rings. The first-order valence-electron chi connectivity index (χ1n) is 6.73. The van der Waals surface area contributed by atoms with Crippen LogP contribution in [0.2, 0.25) is 0 Å². The van der Waals surface area contributed by atoms with Crippen molar-refractivity contribution >= 4 is 28.9 Å². The molecule has 20 heavy (non-hydrogen) atoms. The molecule has 2 aromatic heterocycles. The molecular weight excluding hydrogens is 272 g/mol. The Balaban J connectivity index is 1.65. The SMILES string of the molecule is O=C(Nc1cnc(N2CCCCC2)nc1)c1ccsc1. The Morgan fingerprint density at radius 1 is 1.20 bits per heavy atom. The number of hydrogen-bond donors (Lipinski definition) is 1. The predicted octanol–water partition coefficient (Wildman–Crippen LogP) is 2.78. The van der Waals surface area contributed by atoms with Gasteiger partial charge in [-0.15, -0.1) is 0 Å². The van der Waals surface area contributed by atoms with Crippen LogP contribution < -0.4 is 10.2 Å². The van der Waals surface area contributed by atoms with Crippen molar-refractivity contribution in [3.05, 3.63) is 34.8 Å². The van der Waals surface area contributed by atoms with Gasteiger partial charge in [0.25, 0.3) is 5.91 Å². The molecular formula is C14H16N4OS. The van der Waals surface area contributed by atoms with Gasteiger partial charge in [-0.05, 0) is 30.7 Å². The largest absolute Gasteiger partial charge is 0.341 e. The molecule has 0 aliphatic carbocycles. The molecule has 0 atom stereocenters. The predicted molar refractivity (Wildman–Crippen MR) is 80.4 cm³/mol. The van der Waals surface area contributed by atoms with E-state index < -0.39 is 0 Å². The lowest BCUT2D eigenvalue weighted by atomic mass is 10.1. The fourth-order valence-corrected chi connectivity index (χ4v) is 2.88. The molecule has 0 unspecified atom stereocenters. The molecule has 1 saturated heterocycles. The van der Waals surface area contributed by atoms with E-state index in [0.29, 0.717) is 11.3 Å². The zero-order chi connectivity index (χ0) is 13.8. The molecule has 0 spiro atoms. The molecule has 0 saturated carbocycles. The molecule has 0 radical (unpaired) electrons. The third kappa shape index (κ3) is 2.96. The van der Waals surface area contributed by atoms with Crippen molar-refractivity contribution in [1.29, 1.82) is 0 Å². The summed E-state index contributed by atoms with van der Waals surface area (Å²) in [6, 6.07) is 1.79. The number of aromatic nitrogens is 2. The lowest BCUT2D eigenvalue weighted by Gasteiger charge is -2.26. The van der Waals surface area contributed by atoms with E-state index in [0.717, 1.165) is 19.0 Å². The maximum atomic E-state index is 11.9. The highest BCUT2D eigenvalue weighted by molar-refractivity contribution is 7.08. The minimum atomic E-state index is -0.124. The monoisotopic (exact) mass is 288 g/mol. The van der Waals surface area contributed by atoms with Crippen molar-refractivity contribution in [1.82, 2.24) is 9.97 Å². The molecule has 1 amide bonds. The minimum absolute atomic E-state index is 0.124. The average Bonchev–Trinajstić information content (AvgIpc) is 3.03. The molecule has 0 bridgehead atoms. The molecule has 1 fully saturated rings. The van der Waals surface area contributed by atoms with Gasteiger partial charge < -0.3 is 10.2 Å². The van der Waals surface area contributed by atoms with E-state index >= 15 is 0 Å². The summed E-state index contributed by atoms with van der Waals surface area (Å²) in [4.78, 5) is 22.8. The Hall–Kier alpha value is -1.95. The summed E-state index contributed by atoms with van der Waals surface area (Å²) in [5.74, 6) is 0.624. The second kappa shape index (κ2) is 6.00. The highest BCUT2D eigenvalue weighted by Gasteiger charge is 2.13. The summed E-state index contributed by atoms with van der Waals surface area (Å²) in [7, 11) is 0. The van der Waals surface area contributed by atoms with Crippen LogP contribution >= 0.6 is 11.3 Å². The van der Waals surface area contributed by atoms with Crippen molar-refractivity contribution < 1.29 is 4.79 Å². The number of carbonyl (C=O) groups excluding carboxylic acids is 1. The maximum Gasteiger partial charge on any atom is 0.256 e. The molecule has 1 N–H and O–H groups in total. The van der Waals surface area contributed by atoms with Crippen LogP contribution in [-0.2, 0) is 0 Å². The summed E-state index contributed by atoms with van der Waals surface area (Å²) in [5.41, 5.74) is 1.29. The fraction of sp³-hybridized carbons (Fsp3) is 0.357. The van der Waals surface area contributed by atoms with Gasteiger partial charge >= 0.3 is 0 Å². The van der Waals surface area contributed by atoms with Gasteiger partial charge in [0.05, 0.1) is 23.6 Å². The summed E-state index contributed by atoms with van der Waals surface area (Å²) < 4.78 is 0. The van der Waals surface area contributed by atoms with Gasteiger partial charge in [-0.3, -0.25) is 4.79 Å². The van der Waals surface area contributed by atoms with Gasteiger partial charge in [0.1, 0.15) is 0 Å². The lowest BCUT2D eigenvalue weighted by molar-refractivity contribution is 0.102. The molecule has 5 nitrogen and oxygen atoms in total. The van der Waals surface area contributed by atoms with Gasteiger partial charge in [0.15, 0.2) is 0 Å². The van der Waals surface area contributed by atoms with Gasteiger partial charge in [-0.1, -0.05) is 0 Å². The number of piperidine rings is 1. The number of hydrogen-bond acceptors (Lipinski definition) is 5. The second-order valence-electron chi connectivity index (χ2n) is 4.79. The number of nitrogens with one attached hydrogen (secondary N) is 1. The van der Waals surface area contributed by atoms with E-state index in [9.17, 15) is 4.79 Å². The summed E-state index contributed by atoms with van der Waals surface area (Å²) >= 11 is 1.50. The van der Waals surface area contributed by atoms with E-state index in [2.05, 4.69) is 20.2 Å². The zero-order valence-electron chi connectivity index (χ0n) is 11.1. The minimum Gasteiger partial charge on any atom is -0.341 e. The third-order valence-electron chi connectivity index (χ3n) is 3.32. The van der Waals surface area contributed by atoms with E-state index in [1.54, 1.807) is 18.5 Å². The van der Waals surface area contributed by atoms with Crippen molar-refractivity contribution in [3.8, 4) is 0 Å². The number of rotatable bonds is 3. The van der Waals surface area contributed by atoms with Crippen LogP contribution in [0, 0.1) is 0 Å². The molecule has 104 valence electrons. The van der Waals surface area contributed by atoms with Gasteiger partial charge in [0, 0.05) is 18.5 Å². The molecule has 6 heteroatoms. The van der Waals surface area contributed by atoms with E-state index in [1.807, 2.05) is 10.8 Å². The lowest BCUT2D eigenvalue weighted by Crippen LogP contribution is -2.30. The number of carbonyl (C=O) groups is 1. The van der Waals surface area contributed by atoms with Crippen LogP contribution in [-0.4, -0.2) is 29.0 Å². The smallest absolute Gasteiger partial charge is 0.256 e. The Morgan fingerprint density at radius 3 is 2.60 bits per heavy atom. The fourth-order valence-electron chi connectivity index (χ4n) is 2.24. The van der Waals surface area contributed by atoms with Gasteiger partial charge in [-0.25, -0.2) is 9.97 Å². The highest BCUT2D eigenvalue weighted by Crippen LogP contribution is 2.16. The van der Waals surface area contributed by atoms with E-state index in [-0.39, 0.29) is 5.91 Å². The topological polar surface area (TPSA) is 58.1 Å². The average molecular weight is 288 g/mol. The number of anilines is 2. The highest BCUT2D eigenvalue weighted by atomic mass is 32.1. The van der Waals surface area contributed by atoms with Crippen molar-refractivity contribution in [2.45, 2.75) is 19.3 Å². The standard InChI is InChI=1S/C14H16N4OS/c19-13(11-4-7-20-10-11)17-12-8-15-14(16-9-12)18-5-2-1-3-6-18/h4,7-10H,1-3,5-6H2,(H,17,19). The van der Waals surface area contributed by atoms with Crippen molar-refractivity contribution in [3.63, 3.8) is 0 Å².